The van der Waals surface area contributed by atoms with Crippen LogP contribution < -0.4 is 5.32 Å². The Balaban J connectivity index is 1.48. The summed E-state index contributed by atoms with van der Waals surface area (Å²) in [6.45, 7) is 2.80. The molecule has 0 aromatic carbocycles. The lowest BCUT2D eigenvalue weighted by Gasteiger charge is -2.37. The second kappa shape index (κ2) is 4.04. The molecule has 1 amide bonds. The Kier molecular flexibility index (Phi) is 2.42. The molecule has 19 heavy (non-hydrogen) atoms. The van der Waals surface area contributed by atoms with Gasteiger partial charge in [-0.1, -0.05) is 6.07 Å². The van der Waals surface area contributed by atoms with Crippen molar-refractivity contribution in [3.63, 3.8) is 0 Å². The van der Waals surface area contributed by atoms with Gasteiger partial charge < -0.3 is 10.2 Å². The van der Waals surface area contributed by atoms with Gasteiger partial charge in [-0.15, -0.1) is 0 Å². The van der Waals surface area contributed by atoms with Gasteiger partial charge in [0.2, 0.25) is 5.91 Å². The van der Waals surface area contributed by atoms with E-state index < -0.39 is 0 Å². The SMILES string of the molecule is O=C([C@@H]1C[C@H]1c1ccccn1)N1CCNCC12CC2. The molecule has 1 N–H and O–H groups in total. The van der Waals surface area contributed by atoms with Crippen molar-refractivity contribution in [3.8, 4) is 0 Å². The summed E-state index contributed by atoms with van der Waals surface area (Å²) < 4.78 is 0. The second-order valence-electron chi connectivity index (χ2n) is 6.09. The molecule has 2 heterocycles. The zero-order chi connectivity index (χ0) is 12.9. The molecule has 1 saturated heterocycles. The highest BCUT2D eigenvalue weighted by Crippen LogP contribution is 2.51. The largest absolute Gasteiger partial charge is 0.334 e. The van der Waals surface area contributed by atoms with Crippen molar-refractivity contribution in [2.45, 2.75) is 30.7 Å². The summed E-state index contributed by atoms with van der Waals surface area (Å²) in [7, 11) is 0. The lowest BCUT2D eigenvalue weighted by atomic mass is 10.1. The van der Waals surface area contributed by atoms with E-state index in [4.69, 9.17) is 0 Å². The number of carbonyl (C=O) groups excluding carboxylic acids is 1. The normalized spacial score (nSPS) is 31.3. The van der Waals surface area contributed by atoms with Gasteiger partial charge in [-0.3, -0.25) is 9.78 Å². The van der Waals surface area contributed by atoms with Crippen molar-refractivity contribution in [3.05, 3.63) is 30.1 Å². The van der Waals surface area contributed by atoms with E-state index >= 15 is 0 Å². The Labute approximate surface area is 113 Å². The topological polar surface area (TPSA) is 45.2 Å². The minimum atomic E-state index is 0.173. The minimum Gasteiger partial charge on any atom is -0.334 e. The summed E-state index contributed by atoms with van der Waals surface area (Å²) >= 11 is 0. The second-order valence-corrected chi connectivity index (χ2v) is 6.09. The van der Waals surface area contributed by atoms with E-state index in [9.17, 15) is 4.79 Å². The molecule has 0 unspecified atom stereocenters. The van der Waals surface area contributed by atoms with E-state index in [0.717, 1.165) is 31.7 Å². The van der Waals surface area contributed by atoms with E-state index in [0.29, 0.717) is 11.8 Å². The van der Waals surface area contributed by atoms with Crippen LogP contribution in [0.4, 0.5) is 0 Å². The Morgan fingerprint density at radius 1 is 1.42 bits per heavy atom. The van der Waals surface area contributed by atoms with Gasteiger partial charge in [0.25, 0.3) is 0 Å². The number of nitrogens with zero attached hydrogens (tertiary/aromatic N) is 2. The summed E-state index contributed by atoms with van der Waals surface area (Å²) in [5.74, 6) is 0.916. The first-order valence-electron chi connectivity index (χ1n) is 7.23. The number of piperazine rings is 1. The molecule has 1 aromatic heterocycles. The maximum atomic E-state index is 12.7. The van der Waals surface area contributed by atoms with Crippen LogP contribution in [-0.4, -0.2) is 41.0 Å². The standard InChI is InChI=1S/C15H19N3O/c19-14(18-8-7-16-10-15(18)4-5-15)12-9-11(12)13-3-1-2-6-17-13/h1-3,6,11-12,16H,4-5,7-10H2/t11-,12-/m1/s1. The molecule has 3 aliphatic rings. The highest BCUT2D eigenvalue weighted by Gasteiger charge is 2.55. The van der Waals surface area contributed by atoms with Crippen molar-refractivity contribution in [1.29, 1.82) is 0 Å². The first-order chi connectivity index (χ1) is 9.30. The molecule has 2 atom stereocenters. The quantitative estimate of drug-likeness (QED) is 0.864. The molecular formula is C15H19N3O. The van der Waals surface area contributed by atoms with Gasteiger partial charge >= 0.3 is 0 Å². The van der Waals surface area contributed by atoms with Crippen LogP contribution in [0.1, 0.15) is 30.9 Å². The van der Waals surface area contributed by atoms with Crippen LogP contribution in [0.2, 0.25) is 0 Å². The highest BCUT2D eigenvalue weighted by atomic mass is 16.2. The molecule has 1 spiro atoms. The summed E-state index contributed by atoms with van der Waals surface area (Å²) in [5.41, 5.74) is 1.26. The summed E-state index contributed by atoms with van der Waals surface area (Å²) in [6.07, 6.45) is 5.15. The summed E-state index contributed by atoms with van der Waals surface area (Å²) in [5, 5.41) is 3.42. The number of pyridine rings is 1. The third kappa shape index (κ3) is 1.86. The van der Waals surface area contributed by atoms with E-state index in [1.165, 1.54) is 12.8 Å². The molecule has 1 aliphatic heterocycles. The van der Waals surface area contributed by atoms with Crippen LogP contribution >= 0.6 is 0 Å². The van der Waals surface area contributed by atoms with Gasteiger partial charge in [0.15, 0.2) is 0 Å². The van der Waals surface area contributed by atoms with Crippen LogP contribution in [-0.2, 0) is 4.79 Å². The first-order valence-corrected chi connectivity index (χ1v) is 7.23. The molecule has 4 rings (SSSR count). The van der Waals surface area contributed by atoms with E-state index in [-0.39, 0.29) is 11.5 Å². The Morgan fingerprint density at radius 3 is 3.05 bits per heavy atom. The number of aromatic nitrogens is 1. The fourth-order valence-electron chi connectivity index (χ4n) is 3.37. The number of carbonyl (C=O) groups is 1. The van der Waals surface area contributed by atoms with Crippen molar-refractivity contribution in [2.75, 3.05) is 19.6 Å². The number of rotatable bonds is 2. The fraction of sp³-hybridized carbons (Fsp3) is 0.600. The fourth-order valence-corrected chi connectivity index (χ4v) is 3.37. The average molecular weight is 257 g/mol. The zero-order valence-electron chi connectivity index (χ0n) is 11.0. The maximum absolute atomic E-state index is 12.7. The first kappa shape index (κ1) is 11.4. The van der Waals surface area contributed by atoms with Crippen LogP contribution in [0.25, 0.3) is 0 Å². The van der Waals surface area contributed by atoms with Gasteiger partial charge in [-0.2, -0.15) is 0 Å². The van der Waals surface area contributed by atoms with Gasteiger partial charge in [0, 0.05) is 43.4 Å². The average Bonchev–Trinajstić information content (AvgIpc) is 3.35. The maximum Gasteiger partial charge on any atom is 0.226 e. The number of hydrogen-bond donors (Lipinski definition) is 1. The smallest absolute Gasteiger partial charge is 0.226 e. The molecule has 4 heteroatoms. The number of amides is 1. The van der Waals surface area contributed by atoms with E-state index in [2.05, 4.69) is 15.2 Å². The zero-order valence-corrected chi connectivity index (χ0v) is 11.0. The van der Waals surface area contributed by atoms with E-state index in [1.54, 1.807) is 0 Å². The van der Waals surface area contributed by atoms with Gasteiger partial charge in [0.1, 0.15) is 0 Å². The predicted molar refractivity (Wildman–Crippen MR) is 71.6 cm³/mol. The molecule has 4 nitrogen and oxygen atoms in total. The van der Waals surface area contributed by atoms with Crippen LogP contribution in [0.5, 0.6) is 0 Å². The van der Waals surface area contributed by atoms with Crippen molar-refractivity contribution in [1.82, 2.24) is 15.2 Å². The van der Waals surface area contributed by atoms with Crippen LogP contribution in [0.3, 0.4) is 0 Å². The van der Waals surface area contributed by atoms with Gasteiger partial charge in [-0.25, -0.2) is 0 Å². The van der Waals surface area contributed by atoms with Crippen molar-refractivity contribution < 1.29 is 4.79 Å². The van der Waals surface area contributed by atoms with Gasteiger partial charge in [0.05, 0.1) is 5.54 Å². The molecule has 1 aromatic rings. The summed E-state index contributed by atoms with van der Waals surface area (Å²) in [4.78, 5) is 19.2. The van der Waals surface area contributed by atoms with Crippen LogP contribution in [0, 0.1) is 5.92 Å². The minimum absolute atomic E-state index is 0.173. The number of hydrogen-bond acceptors (Lipinski definition) is 3. The molecule has 3 fully saturated rings. The summed E-state index contributed by atoms with van der Waals surface area (Å²) in [6, 6.07) is 5.98. The third-order valence-corrected chi connectivity index (χ3v) is 4.81. The van der Waals surface area contributed by atoms with Crippen LogP contribution in [0.15, 0.2) is 24.4 Å². The molecule has 0 bridgehead atoms. The van der Waals surface area contributed by atoms with Crippen molar-refractivity contribution >= 4 is 5.91 Å². The molecular weight excluding hydrogens is 238 g/mol. The van der Waals surface area contributed by atoms with Crippen molar-refractivity contribution in [2.24, 2.45) is 5.92 Å². The molecule has 0 radical (unpaired) electrons. The monoisotopic (exact) mass is 257 g/mol. The molecule has 100 valence electrons. The van der Waals surface area contributed by atoms with Gasteiger partial charge in [-0.05, 0) is 31.4 Å². The molecule has 2 aliphatic carbocycles. The Hall–Kier alpha value is -1.42. The lowest BCUT2D eigenvalue weighted by Crippen LogP contribution is -2.56. The predicted octanol–water partition coefficient (Wildman–Crippen LogP) is 1.15. The lowest BCUT2D eigenvalue weighted by molar-refractivity contribution is -0.136. The number of nitrogens with one attached hydrogen (secondary N) is 1. The highest BCUT2D eigenvalue weighted by molar-refractivity contribution is 5.84. The Bertz CT molecular complexity index is 497. The van der Waals surface area contributed by atoms with E-state index in [1.807, 2.05) is 24.4 Å². The Morgan fingerprint density at radius 2 is 2.32 bits per heavy atom. The third-order valence-electron chi connectivity index (χ3n) is 4.81. The molecule has 2 saturated carbocycles.